The van der Waals surface area contributed by atoms with Gasteiger partial charge in [-0.2, -0.15) is 0 Å². The van der Waals surface area contributed by atoms with E-state index in [1.807, 2.05) is 0 Å². The predicted octanol–water partition coefficient (Wildman–Crippen LogP) is 21.4. The van der Waals surface area contributed by atoms with E-state index in [1.54, 1.807) is 0 Å². The van der Waals surface area contributed by atoms with Crippen molar-refractivity contribution in [2.24, 2.45) is 0 Å². The molecule has 0 saturated heterocycles. The second-order valence-electron chi connectivity index (χ2n) is 20.5. The lowest BCUT2D eigenvalue weighted by Gasteiger charge is -2.18. The number of esters is 3. The van der Waals surface area contributed by atoms with Crippen molar-refractivity contribution in [1.29, 1.82) is 0 Å². The van der Waals surface area contributed by atoms with E-state index < -0.39 is 6.10 Å². The minimum Gasteiger partial charge on any atom is -0.462 e. The van der Waals surface area contributed by atoms with Crippen molar-refractivity contribution >= 4 is 17.9 Å². The van der Waals surface area contributed by atoms with E-state index in [0.29, 0.717) is 19.3 Å². The molecular formula is C69H116O6. The zero-order chi connectivity index (χ0) is 54.3. The van der Waals surface area contributed by atoms with Crippen LogP contribution in [-0.4, -0.2) is 37.2 Å². The lowest BCUT2D eigenvalue weighted by molar-refractivity contribution is -0.167. The van der Waals surface area contributed by atoms with Crippen molar-refractivity contribution < 1.29 is 28.6 Å². The van der Waals surface area contributed by atoms with E-state index in [0.717, 1.165) is 154 Å². The molecular weight excluding hydrogens is 925 g/mol. The third-order valence-corrected chi connectivity index (χ3v) is 13.2. The summed E-state index contributed by atoms with van der Waals surface area (Å²) >= 11 is 0. The molecule has 0 radical (unpaired) electrons. The molecule has 0 aliphatic heterocycles. The summed E-state index contributed by atoms with van der Waals surface area (Å²) in [6.45, 7) is 6.34. The Hall–Kier alpha value is -3.93. The maximum atomic E-state index is 12.9. The normalized spacial score (nSPS) is 12.8. The fourth-order valence-corrected chi connectivity index (χ4v) is 8.60. The molecule has 0 fully saturated rings. The van der Waals surface area contributed by atoms with Crippen molar-refractivity contribution in [3.05, 3.63) is 109 Å². The van der Waals surface area contributed by atoms with Gasteiger partial charge in [0.05, 0.1) is 0 Å². The van der Waals surface area contributed by atoms with Crippen molar-refractivity contribution in [3.8, 4) is 0 Å². The Morgan fingerprint density at radius 1 is 0.280 bits per heavy atom. The van der Waals surface area contributed by atoms with E-state index in [1.165, 1.54) is 96.3 Å². The van der Waals surface area contributed by atoms with Crippen LogP contribution in [0.4, 0.5) is 0 Å². The van der Waals surface area contributed by atoms with Crippen LogP contribution in [0.25, 0.3) is 0 Å². The Morgan fingerprint density at radius 3 is 0.813 bits per heavy atom. The number of carbonyl (C=O) groups excluding carboxylic acids is 3. The SMILES string of the molecule is CC/C=C\C/C=C\C/C=C\C/C=C\CCCCCCCCCCCCCCCCCCC(=O)OCC(COC(=O)CCCCCCC/C=C\C/C=C\CCC)OC(=O)CCCCCCC/C=C\C/C=C\C/C=C\CC. The molecule has 0 amide bonds. The van der Waals surface area contributed by atoms with Gasteiger partial charge in [-0.3, -0.25) is 14.4 Å². The second kappa shape index (κ2) is 62.6. The largest absolute Gasteiger partial charge is 0.462 e. The fourth-order valence-electron chi connectivity index (χ4n) is 8.60. The minimum atomic E-state index is -0.794. The third-order valence-electron chi connectivity index (χ3n) is 13.2. The molecule has 1 unspecified atom stereocenters. The van der Waals surface area contributed by atoms with Gasteiger partial charge in [0.1, 0.15) is 13.2 Å². The number of hydrogen-bond acceptors (Lipinski definition) is 6. The van der Waals surface area contributed by atoms with Gasteiger partial charge >= 0.3 is 17.9 Å². The van der Waals surface area contributed by atoms with Crippen molar-refractivity contribution in [2.45, 2.75) is 297 Å². The highest BCUT2D eigenvalue weighted by Gasteiger charge is 2.19. The van der Waals surface area contributed by atoms with Gasteiger partial charge < -0.3 is 14.2 Å². The van der Waals surface area contributed by atoms with Gasteiger partial charge in [0, 0.05) is 19.3 Å². The Balaban J connectivity index is 4.23. The smallest absolute Gasteiger partial charge is 0.306 e. The van der Waals surface area contributed by atoms with Crippen LogP contribution in [0, 0.1) is 0 Å². The number of unbranched alkanes of at least 4 members (excludes halogenated alkanes) is 27. The highest BCUT2D eigenvalue weighted by Crippen LogP contribution is 2.16. The van der Waals surface area contributed by atoms with Gasteiger partial charge in [-0.15, -0.1) is 0 Å². The van der Waals surface area contributed by atoms with Gasteiger partial charge in [0.15, 0.2) is 6.10 Å². The van der Waals surface area contributed by atoms with Crippen molar-refractivity contribution in [2.75, 3.05) is 13.2 Å². The molecule has 0 N–H and O–H groups in total. The van der Waals surface area contributed by atoms with Crippen LogP contribution >= 0.6 is 0 Å². The molecule has 0 aromatic heterocycles. The maximum Gasteiger partial charge on any atom is 0.306 e. The summed E-state index contributed by atoms with van der Waals surface area (Å²) in [6.07, 6.45) is 85.3. The summed E-state index contributed by atoms with van der Waals surface area (Å²) in [6, 6.07) is 0. The van der Waals surface area contributed by atoms with Crippen LogP contribution < -0.4 is 0 Å². The summed E-state index contributed by atoms with van der Waals surface area (Å²) in [7, 11) is 0. The maximum absolute atomic E-state index is 12.9. The highest BCUT2D eigenvalue weighted by molar-refractivity contribution is 5.71. The van der Waals surface area contributed by atoms with Crippen LogP contribution in [0.3, 0.4) is 0 Å². The zero-order valence-electron chi connectivity index (χ0n) is 49.0. The minimum absolute atomic E-state index is 0.0890. The van der Waals surface area contributed by atoms with Crippen molar-refractivity contribution in [3.63, 3.8) is 0 Å². The Labute approximate surface area is 463 Å². The molecule has 0 aliphatic rings. The zero-order valence-corrected chi connectivity index (χ0v) is 49.0. The number of carbonyl (C=O) groups is 3. The predicted molar refractivity (Wildman–Crippen MR) is 325 cm³/mol. The molecule has 0 rings (SSSR count). The molecule has 0 aromatic rings. The van der Waals surface area contributed by atoms with Crippen molar-refractivity contribution in [1.82, 2.24) is 0 Å². The first-order valence-electron chi connectivity index (χ1n) is 31.4. The summed E-state index contributed by atoms with van der Waals surface area (Å²) in [5, 5.41) is 0. The van der Waals surface area contributed by atoms with Crippen LogP contribution in [0.15, 0.2) is 109 Å². The lowest BCUT2D eigenvalue weighted by atomic mass is 10.0. The molecule has 0 spiro atoms. The molecule has 0 saturated carbocycles. The second-order valence-corrected chi connectivity index (χ2v) is 20.5. The average Bonchev–Trinajstić information content (AvgIpc) is 3.41. The topological polar surface area (TPSA) is 78.9 Å². The van der Waals surface area contributed by atoms with Gasteiger partial charge in [-0.1, -0.05) is 265 Å². The molecule has 6 heteroatoms. The van der Waals surface area contributed by atoms with E-state index in [4.69, 9.17) is 14.2 Å². The lowest BCUT2D eigenvalue weighted by Crippen LogP contribution is -2.30. The van der Waals surface area contributed by atoms with Crippen LogP contribution in [-0.2, 0) is 28.6 Å². The third kappa shape index (κ3) is 60.8. The van der Waals surface area contributed by atoms with Crippen LogP contribution in [0.2, 0.25) is 0 Å². The Kier molecular flexibility index (Phi) is 59.3. The first-order chi connectivity index (χ1) is 37.0. The van der Waals surface area contributed by atoms with Gasteiger partial charge in [0.2, 0.25) is 0 Å². The quantitative estimate of drug-likeness (QED) is 0.0261. The van der Waals surface area contributed by atoms with E-state index in [-0.39, 0.29) is 31.1 Å². The summed E-state index contributed by atoms with van der Waals surface area (Å²) in [5.74, 6) is -0.915. The number of rotatable bonds is 56. The average molecular weight is 1040 g/mol. The van der Waals surface area contributed by atoms with Crippen LogP contribution in [0.5, 0.6) is 0 Å². The first-order valence-corrected chi connectivity index (χ1v) is 31.4. The van der Waals surface area contributed by atoms with Gasteiger partial charge in [-0.25, -0.2) is 0 Å². The molecule has 75 heavy (non-hydrogen) atoms. The molecule has 0 bridgehead atoms. The number of hydrogen-bond donors (Lipinski definition) is 0. The molecule has 1 atom stereocenters. The van der Waals surface area contributed by atoms with E-state index in [9.17, 15) is 14.4 Å². The molecule has 0 aliphatic carbocycles. The molecule has 6 nitrogen and oxygen atoms in total. The number of ether oxygens (including phenoxy) is 3. The fraction of sp³-hybridized carbons (Fsp3) is 0.696. The van der Waals surface area contributed by atoms with E-state index in [2.05, 4.69) is 130 Å². The highest BCUT2D eigenvalue weighted by atomic mass is 16.6. The molecule has 0 aromatic carbocycles. The first kappa shape index (κ1) is 71.1. The summed E-state index contributed by atoms with van der Waals surface area (Å²) in [4.78, 5) is 38.2. The Morgan fingerprint density at radius 2 is 0.520 bits per heavy atom. The molecule has 428 valence electrons. The Bertz CT molecular complexity index is 1520. The monoisotopic (exact) mass is 1040 g/mol. The van der Waals surface area contributed by atoms with E-state index >= 15 is 0 Å². The number of allylic oxidation sites excluding steroid dienone is 18. The molecule has 0 heterocycles. The summed E-state index contributed by atoms with van der Waals surface area (Å²) < 4.78 is 16.9. The van der Waals surface area contributed by atoms with Gasteiger partial charge in [0.25, 0.3) is 0 Å². The van der Waals surface area contributed by atoms with Gasteiger partial charge in [-0.05, 0) is 116 Å². The summed E-state index contributed by atoms with van der Waals surface area (Å²) in [5.41, 5.74) is 0. The van der Waals surface area contributed by atoms with Crippen LogP contribution in [0.1, 0.15) is 290 Å². The standard InChI is InChI=1S/C69H116O6/c1-4-7-10-13-16-19-22-25-27-28-29-30-31-32-33-34-35-36-37-38-39-40-42-44-47-50-53-56-59-62-68(71)74-65-66(64-73-67(70)61-58-55-52-49-46-43-24-21-18-15-12-9-6-3)75-69(72)63-60-57-54-51-48-45-41-26-23-20-17-14-11-8-5-2/h7-8,10-12,15-17,19-21,24-27,29-30,41,66H,4-6,9,13-14,18,22-23,28,31-40,42-65H2,1-3H3/b10-7-,11-8-,15-12-,19-16-,20-17-,24-21-,27-25-,30-29-,41-26-.